The highest BCUT2D eigenvalue weighted by Gasteiger charge is 2.24. The molecule has 5 rings (SSSR count). The first-order chi connectivity index (χ1) is 15.6. The Bertz CT molecular complexity index is 1180. The molecular weight excluding hydrogens is 442 g/mol. The van der Waals surface area contributed by atoms with Crippen LogP contribution in [0, 0.1) is 0 Å². The summed E-state index contributed by atoms with van der Waals surface area (Å²) in [5.41, 5.74) is 5.09. The Hall–Kier alpha value is -2.68. The molecule has 0 saturated carbocycles. The Labute approximate surface area is 194 Å². The molecule has 0 fully saturated rings. The van der Waals surface area contributed by atoms with Crippen LogP contribution in [0.25, 0.3) is 10.4 Å². The van der Waals surface area contributed by atoms with Gasteiger partial charge in [-0.2, -0.15) is 0 Å². The zero-order chi connectivity index (χ0) is 22.1. The SMILES string of the molecule is O=Cc1c(NC(=O)NCc2c(-c3cccc(O)c3)sc3c2CCNC3)sc2c1CCCC2. The van der Waals surface area contributed by atoms with Crippen LogP contribution < -0.4 is 16.0 Å². The summed E-state index contributed by atoms with van der Waals surface area (Å²) in [6.45, 7) is 2.12. The van der Waals surface area contributed by atoms with Gasteiger partial charge in [-0.3, -0.25) is 10.1 Å². The molecule has 0 spiro atoms. The molecule has 32 heavy (non-hydrogen) atoms. The molecule has 0 atom stereocenters. The molecule has 2 aliphatic rings. The largest absolute Gasteiger partial charge is 0.508 e. The van der Waals surface area contributed by atoms with Crippen molar-refractivity contribution in [2.24, 2.45) is 0 Å². The fourth-order valence-corrected chi connectivity index (χ4v) is 7.18. The molecule has 1 aliphatic heterocycles. The summed E-state index contributed by atoms with van der Waals surface area (Å²) in [7, 11) is 0. The van der Waals surface area contributed by atoms with Gasteiger partial charge in [0.25, 0.3) is 0 Å². The fourth-order valence-electron chi connectivity index (χ4n) is 4.59. The van der Waals surface area contributed by atoms with E-state index in [1.807, 2.05) is 12.1 Å². The third kappa shape index (κ3) is 4.05. The molecule has 4 N–H and O–H groups in total. The lowest BCUT2D eigenvalue weighted by molar-refractivity contribution is 0.112. The molecular formula is C24H25N3O3S2. The van der Waals surface area contributed by atoms with Crippen LogP contribution in [-0.2, 0) is 32.4 Å². The Morgan fingerprint density at radius 2 is 2.00 bits per heavy atom. The Kier molecular flexibility index (Phi) is 5.99. The minimum atomic E-state index is -0.303. The number of carbonyl (C=O) groups excluding carboxylic acids is 2. The molecule has 8 heteroatoms. The van der Waals surface area contributed by atoms with Crippen molar-refractivity contribution in [3.8, 4) is 16.2 Å². The number of carbonyl (C=O) groups is 2. The number of benzene rings is 1. The Morgan fingerprint density at radius 1 is 1.12 bits per heavy atom. The zero-order valence-corrected chi connectivity index (χ0v) is 19.3. The predicted molar refractivity (Wildman–Crippen MR) is 129 cm³/mol. The molecule has 0 bridgehead atoms. The Morgan fingerprint density at radius 3 is 2.84 bits per heavy atom. The molecule has 2 aromatic heterocycles. The molecule has 1 aliphatic carbocycles. The maximum absolute atomic E-state index is 12.8. The number of aromatic hydroxyl groups is 1. The number of phenolic OH excluding ortho intramolecular Hbond substituents is 1. The normalized spacial score (nSPS) is 15.0. The molecule has 0 unspecified atom stereocenters. The van der Waals surface area contributed by atoms with Gasteiger partial charge in [-0.25, -0.2) is 4.79 Å². The van der Waals surface area contributed by atoms with Crippen molar-refractivity contribution in [3.05, 3.63) is 56.3 Å². The van der Waals surface area contributed by atoms with Crippen molar-refractivity contribution in [1.82, 2.24) is 10.6 Å². The highest BCUT2D eigenvalue weighted by Crippen LogP contribution is 2.40. The zero-order valence-electron chi connectivity index (χ0n) is 17.6. The average molecular weight is 468 g/mol. The van der Waals surface area contributed by atoms with E-state index in [2.05, 4.69) is 16.0 Å². The van der Waals surface area contributed by atoms with E-state index in [4.69, 9.17) is 0 Å². The first kappa shape index (κ1) is 21.2. The number of phenols is 1. The van der Waals surface area contributed by atoms with E-state index in [0.717, 1.165) is 73.0 Å². The van der Waals surface area contributed by atoms with E-state index >= 15 is 0 Å². The van der Waals surface area contributed by atoms with Crippen LogP contribution in [0.5, 0.6) is 5.75 Å². The summed E-state index contributed by atoms with van der Waals surface area (Å²) in [6, 6.07) is 6.95. The van der Waals surface area contributed by atoms with Crippen LogP contribution in [0.3, 0.4) is 0 Å². The topological polar surface area (TPSA) is 90.5 Å². The van der Waals surface area contributed by atoms with Gasteiger partial charge in [0.1, 0.15) is 10.8 Å². The highest BCUT2D eigenvalue weighted by molar-refractivity contribution is 7.17. The lowest BCUT2D eigenvalue weighted by atomic mass is 9.96. The van der Waals surface area contributed by atoms with Gasteiger partial charge in [-0.1, -0.05) is 12.1 Å². The summed E-state index contributed by atoms with van der Waals surface area (Å²) in [4.78, 5) is 28.0. The van der Waals surface area contributed by atoms with E-state index in [9.17, 15) is 14.7 Å². The van der Waals surface area contributed by atoms with Gasteiger partial charge in [-0.15, -0.1) is 22.7 Å². The second-order valence-electron chi connectivity index (χ2n) is 8.17. The summed E-state index contributed by atoms with van der Waals surface area (Å²) in [5, 5.41) is 19.9. The second kappa shape index (κ2) is 9.05. The summed E-state index contributed by atoms with van der Waals surface area (Å²) in [6.07, 6.45) is 5.90. The maximum Gasteiger partial charge on any atom is 0.320 e. The number of rotatable bonds is 5. The van der Waals surface area contributed by atoms with Gasteiger partial charge in [0, 0.05) is 27.7 Å². The van der Waals surface area contributed by atoms with Crippen LogP contribution in [0.4, 0.5) is 9.80 Å². The monoisotopic (exact) mass is 467 g/mol. The van der Waals surface area contributed by atoms with Gasteiger partial charge in [0.2, 0.25) is 0 Å². The van der Waals surface area contributed by atoms with Gasteiger partial charge in [0.15, 0.2) is 6.29 Å². The fraction of sp³-hybridized carbons (Fsp3) is 0.333. The molecule has 166 valence electrons. The minimum absolute atomic E-state index is 0.228. The van der Waals surface area contributed by atoms with Crippen LogP contribution >= 0.6 is 22.7 Å². The lowest BCUT2D eigenvalue weighted by Crippen LogP contribution is -2.29. The number of urea groups is 1. The van der Waals surface area contributed by atoms with Gasteiger partial charge < -0.3 is 15.7 Å². The second-order valence-corrected chi connectivity index (χ2v) is 10.4. The number of anilines is 1. The average Bonchev–Trinajstić information content (AvgIpc) is 3.35. The molecule has 0 radical (unpaired) electrons. The van der Waals surface area contributed by atoms with E-state index in [1.165, 1.54) is 26.7 Å². The number of hydrogen-bond donors (Lipinski definition) is 4. The van der Waals surface area contributed by atoms with Crippen molar-refractivity contribution >= 4 is 40.0 Å². The van der Waals surface area contributed by atoms with E-state index < -0.39 is 0 Å². The van der Waals surface area contributed by atoms with Crippen molar-refractivity contribution in [2.75, 3.05) is 11.9 Å². The molecule has 3 aromatic rings. The predicted octanol–water partition coefficient (Wildman–Crippen LogP) is 4.84. The first-order valence-corrected chi connectivity index (χ1v) is 12.6. The minimum Gasteiger partial charge on any atom is -0.508 e. The highest BCUT2D eigenvalue weighted by atomic mass is 32.1. The molecule has 0 saturated heterocycles. The van der Waals surface area contributed by atoms with Crippen LogP contribution in [-0.4, -0.2) is 24.0 Å². The van der Waals surface area contributed by atoms with E-state index in [0.29, 0.717) is 17.1 Å². The molecule has 3 heterocycles. The van der Waals surface area contributed by atoms with E-state index in [1.54, 1.807) is 23.5 Å². The van der Waals surface area contributed by atoms with Crippen molar-refractivity contribution in [2.45, 2.75) is 45.2 Å². The number of aryl methyl sites for hydroxylation is 1. The number of nitrogens with one attached hydrogen (secondary N) is 3. The molecule has 2 amide bonds. The third-order valence-electron chi connectivity index (χ3n) is 6.13. The van der Waals surface area contributed by atoms with Crippen molar-refractivity contribution < 1.29 is 14.7 Å². The van der Waals surface area contributed by atoms with Gasteiger partial charge >= 0.3 is 6.03 Å². The van der Waals surface area contributed by atoms with Crippen molar-refractivity contribution in [1.29, 1.82) is 0 Å². The summed E-state index contributed by atoms with van der Waals surface area (Å²) < 4.78 is 0. The quantitative estimate of drug-likeness (QED) is 0.404. The summed E-state index contributed by atoms with van der Waals surface area (Å²) >= 11 is 3.24. The van der Waals surface area contributed by atoms with Crippen molar-refractivity contribution in [3.63, 3.8) is 0 Å². The number of aldehydes is 1. The lowest BCUT2D eigenvalue weighted by Gasteiger charge is -2.15. The number of thiophene rings is 2. The molecule has 1 aromatic carbocycles. The summed E-state index contributed by atoms with van der Waals surface area (Å²) in [5.74, 6) is 0.228. The first-order valence-electron chi connectivity index (χ1n) is 10.9. The number of hydrogen-bond acceptors (Lipinski definition) is 6. The standard InChI is InChI=1S/C24H25N3O3S2/c28-13-19-16-6-1-2-7-20(16)32-23(19)27-24(30)26-11-18-17-8-9-25-12-21(17)31-22(18)14-4-3-5-15(29)10-14/h3-5,10,13,25,29H,1-2,6-9,11-12H2,(H2,26,27,30). The smallest absolute Gasteiger partial charge is 0.320 e. The van der Waals surface area contributed by atoms with E-state index in [-0.39, 0.29) is 11.8 Å². The molecule has 6 nitrogen and oxygen atoms in total. The Balaban J connectivity index is 1.37. The van der Waals surface area contributed by atoms with Crippen LogP contribution in [0.1, 0.15) is 49.6 Å². The van der Waals surface area contributed by atoms with Crippen LogP contribution in [0.2, 0.25) is 0 Å². The number of amides is 2. The van der Waals surface area contributed by atoms with Gasteiger partial charge in [-0.05, 0) is 73.0 Å². The third-order valence-corrected chi connectivity index (χ3v) is 8.68. The maximum atomic E-state index is 12.8. The van der Waals surface area contributed by atoms with Crippen LogP contribution in [0.15, 0.2) is 24.3 Å². The number of fused-ring (bicyclic) bond motifs is 2. The van der Waals surface area contributed by atoms with Gasteiger partial charge in [0.05, 0.1) is 5.56 Å².